The van der Waals surface area contributed by atoms with E-state index >= 15 is 0 Å². The molecule has 0 bridgehead atoms. The smallest absolute Gasteiger partial charge is 0.264 e. The Morgan fingerprint density at radius 2 is 1.88 bits per heavy atom. The molecule has 0 spiro atoms. The number of aryl methyl sites for hydroxylation is 1. The van der Waals surface area contributed by atoms with Crippen molar-refractivity contribution < 1.29 is 24.2 Å². The number of amides is 1. The maximum Gasteiger partial charge on any atom is 0.264 e. The van der Waals surface area contributed by atoms with Crippen molar-refractivity contribution in [3.63, 3.8) is 0 Å². The summed E-state index contributed by atoms with van der Waals surface area (Å²) in [7, 11) is 0. The van der Waals surface area contributed by atoms with Crippen molar-refractivity contribution >= 4 is 29.0 Å². The number of nitrogens with zero attached hydrogens (tertiary/aromatic N) is 1. The van der Waals surface area contributed by atoms with Crippen LogP contribution in [0.25, 0.3) is 0 Å². The third kappa shape index (κ3) is 3.32. The number of anilines is 1. The fourth-order valence-electron chi connectivity index (χ4n) is 4.21. The number of ketones is 1. The van der Waals surface area contributed by atoms with Gasteiger partial charge in [-0.3, -0.25) is 9.59 Å². The average Bonchev–Trinajstić information content (AvgIpc) is 3.32. The Balaban J connectivity index is 1.50. The van der Waals surface area contributed by atoms with Gasteiger partial charge in [0, 0.05) is 16.1 Å². The van der Waals surface area contributed by atoms with E-state index in [1.807, 2.05) is 31.2 Å². The minimum absolute atomic E-state index is 0.0924. The van der Waals surface area contributed by atoms with Crippen LogP contribution in [0.3, 0.4) is 0 Å². The van der Waals surface area contributed by atoms with E-state index in [0.717, 1.165) is 11.1 Å². The number of rotatable bonds is 5. The van der Waals surface area contributed by atoms with Crippen molar-refractivity contribution in [2.75, 3.05) is 11.7 Å². The first kappa shape index (κ1) is 20.5. The van der Waals surface area contributed by atoms with E-state index in [4.69, 9.17) is 21.1 Å². The Morgan fingerprint density at radius 1 is 1.09 bits per heavy atom. The molecule has 0 radical (unpaired) electrons. The van der Waals surface area contributed by atoms with Gasteiger partial charge in [0.25, 0.3) is 5.91 Å². The van der Waals surface area contributed by atoms with E-state index in [1.165, 1.54) is 4.90 Å². The average molecular weight is 450 g/mol. The molecule has 0 aliphatic carbocycles. The summed E-state index contributed by atoms with van der Waals surface area (Å²) in [5.74, 6) is 0.0823. The van der Waals surface area contributed by atoms with E-state index < -0.39 is 17.9 Å². The van der Waals surface area contributed by atoms with E-state index in [2.05, 4.69) is 0 Å². The molecule has 2 heterocycles. The lowest BCUT2D eigenvalue weighted by Crippen LogP contribution is -2.41. The second-order valence-electron chi connectivity index (χ2n) is 8.01. The van der Waals surface area contributed by atoms with Gasteiger partial charge in [-0.1, -0.05) is 35.9 Å². The summed E-state index contributed by atoms with van der Waals surface area (Å²) in [4.78, 5) is 28.1. The largest absolute Gasteiger partial charge is 0.454 e. The fourth-order valence-corrected chi connectivity index (χ4v) is 4.38. The molecule has 2 aliphatic heterocycles. The summed E-state index contributed by atoms with van der Waals surface area (Å²) >= 11 is 6.19. The maximum atomic E-state index is 13.5. The van der Waals surface area contributed by atoms with Crippen molar-refractivity contribution in [1.29, 1.82) is 0 Å². The summed E-state index contributed by atoms with van der Waals surface area (Å²) in [6.45, 7) is 2.34. The first-order chi connectivity index (χ1) is 15.4. The molecule has 0 saturated carbocycles. The Morgan fingerprint density at radius 3 is 2.69 bits per heavy atom. The highest BCUT2D eigenvalue weighted by Gasteiger charge is 2.51. The quantitative estimate of drug-likeness (QED) is 0.585. The van der Waals surface area contributed by atoms with Crippen LogP contribution in [0.5, 0.6) is 11.5 Å². The number of fused-ring (bicyclic) bond motifs is 2. The van der Waals surface area contributed by atoms with Crippen LogP contribution in [0.15, 0.2) is 60.7 Å². The van der Waals surface area contributed by atoms with Gasteiger partial charge in [0.1, 0.15) is 0 Å². The number of ether oxygens (including phenoxy) is 2. The molecular weight excluding hydrogens is 430 g/mol. The normalized spacial score (nSPS) is 18.7. The molecule has 6 nitrogen and oxygen atoms in total. The van der Waals surface area contributed by atoms with Crippen molar-refractivity contribution in [1.82, 2.24) is 0 Å². The predicted octanol–water partition coefficient (Wildman–Crippen LogP) is 4.38. The van der Waals surface area contributed by atoms with Gasteiger partial charge in [-0.2, -0.15) is 0 Å². The molecule has 0 fully saturated rings. The van der Waals surface area contributed by atoms with Gasteiger partial charge in [-0.25, -0.2) is 0 Å². The van der Waals surface area contributed by atoms with Crippen LogP contribution in [0.2, 0.25) is 5.02 Å². The Labute approximate surface area is 189 Å². The Bertz CT molecular complexity index is 1260. The lowest BCUT2D eigenvalue weighted by atomic mass is 9.88. The monoisotopic (exact) mass is 449 g/mol. The van der Waals surface area contributed by atoms with Gasteiger partial charge in [0.15, 0.2) is 22.9 Å². The summed E-state index contributed by atoms with van der Waals surface area (Å²) in [6.07, 6.45) is -0.414. The number of carbonyl (C=O) groups is 2. The first-order valence-corrected chi connectivity index (χ1v) is 10.6. The number of benzene rings is 3. The molecule has 7 heteroatoms. The zero-order valence-electron chi connectivity index (χ0n) is 17.3. The molecule has 5 rings (SSSR count). The van der Waals surface area contributed by atoms with Crippen LogP contribution >= 0.6 is 11.6 Å². The SMILES string of the molecule is Cc1ccccc1CN1C(=O)C(O)(CC(=O)c2ccc3c(c2)OCO3)c2cc(Cl)ccc21. The Kier molecular flexibility index (Phi) is 4.92. The van der Waals surface area contributed by atoms with E-state index in [1.54, 1.807) is 36.4 Å². The van der Waals surface area contributed by atoms with Gasteiger partial charge >= 0.3 is 0 Å². The highest BCUT2D eigenvalue weighted by Crippen LogP contribution is 2.45. The van der Waals surface area contributed by atoms with Gasteiger partial charge in [0.05, 0.1) is 18.7 Å². The van der Waals surface area contributed by atoms with Gasteiger partial charge in [0.2, 0.25) is 6.79 Å². The molecule has 2 aliphatic rings. The highest BCUT2D eigenvalue weighted by atomic mass is 35.5. The zero-order valence-corrected chi connectivity index (χ0v) is 18.1. The van der Waals surface area contributed by atoms with Crippen LogP contribution in [-0.4, -0.2) is 23.6 Å². The summed E-state index contributed by atoms with van der Waals surface area (Å²) in [6, 6.07) is 17.5. The standard InChI is InChI=1S/C25H20ClNO5/c1-15-4-2-3-5-17(15)13-27-20-8-7-18(26)11-19(20)25(30,24(27)29)12-21(28)16-6-9-22-23(10-16)32-14-31-22/h2-11,30H,12-14H2,1H3. The van der Waals surface area contributed by atoms with Crippen LogP contribution in [0.1, 0.15) is 33.5 Å². The Hall–Kier alpha value is -3.35. The van der Waals surface area contributed by atoms with Gasteiger partial charge < -0.3 is 19.5 Å². The number of aliphatic hydroxyl groups is 1. The van der Waals surface area contributed by atoms with Crippen molar-refractivity contribution in [2.45, 2.75) is 25.5 Å². The van der Waals surface area contributed by atoms with Crippen LogP contribution in [0.4, 0.5) is 5.69 Å². The van der Waals surface area contributed by atoms with E-state index in [9.17, 15) is 14.7 Å². The second-order valence-corrected chi connectivity index (χ2v) is 8.44. The highest BCUT2D eigenvalue weighted by molar-refractivity contribution is 6.31. The van der Waals surface area contributed by atoms with Crippen molar-refractivity contribution in [3.05, 3.63) is 87.9 Å². The number of Topliss-reactive ketones (excluding diaryl/α,β-unsaturated/α-hetero) is 1. The molecule has 3 aromatic carbocycles. The van der Waals surface area contributed by atoms with Crippen LogP contribution in [0, 0.1) is 6.92 Å². The lowest BCUT2D eigenvalue weighted by Gasteiger charge is -2.23. The molecule has 1 atom stereocenters. The van der Waals surface area contributed by atoms with Crippen molar-refractivity contribution in [3.8, 4) is 11.5 Å². The molecular formula is C25H20ClNO5. The van der Waals surface area contributed by atoms with Gasteiger partial charge in [-0.15, -0.1) is 0 Å². The fraction of sp³-hybridized carbons (Fsp3) is 0.200. The predicted molar refractivity (Wildman–Crippen MR) is 119 cm³/mol. The summed E-state index contributed by atoms with van der Waals surface area (Å²) in [5.41, 5.74) is 1.17. The number of hydrogen-bond acceptors (Lipinski definition) is 5. The lowest BCUT2D eigenvalue weighted by molar-refractivity contribution is -0.136. The van der Waals surface area contributed by atoms with Crippen LogP contribution in [-0.2, 0) is 16.9 Å². The molecule has 1 amide bonds. The van der Waals surface area contributed by atoms with Gasteiger partial charge in [-0.05, 0) is 54.4 Å². The summed E-state index contributed by atoms with van der Waals surface area (Å²) in [5, 5.41) is 11.9. The molecule has 0 aromatic heterocycles. The number of hydrogen-bond donors (Lipinski definition) is 1. The minimum atomic E-state index is -2.02. The minimum Gasteiger partial charge on any atom is -0.454 e. The molecule has 3 aromatic rings. The number of carbonyl (C=O) groups excluding carboxylic acids is 2. The molecule has 1 unspecified atom stereocenters. The van der Waals surface area contributed by atoms with E-state index in [-0.39, 0.29) is 19.1 Å². The van der Waals surface area contributed by atoms with Crippen molar-refractivity contribution in [2.24, 2.45) is 0 Å². The van der Waals surface area contributed by atoms with Crippen LogP contribution < -0.4 is 14.4 Å². The second kappa shape index (κ2) is 7.65. The van der Waals surface area contributed by atoms with E-state index in [0.29, 0.717) is 33.3 Å². The maximum absolute atomic E-state index is 13.5. The molecule has 162 valence electrons. The first-order valence-electron chi connectivity index (χ1n) is 10.2. The molecule has 1 N–H and O–H groups in total. The zero-order chi connectivity index (χ0) is 22.5. The topological polar surface area (TPSA) is 76.1 Å². The third-order valence-corrected chi connectivity index (χ3v) is 6.23. The summed E-state index contributed by atoms with van der Waals surface area (Å²) < 4.78 is 10.6. The third-order valence-electron chi connectivity index (χ3n) is 5.99. The number of halogens is 1. The molecule has 0 saturated heterocycles. The molecule has 32 heavy (non-hydrogen) atoms.